The molecule has 1 aromatic heterocycles. The molecule has 2 heterocycles. The van der Waals surface area contributed by atoms with Crippen LogP contribution in [-0.4, -0.2) is 23.1 Å². The second-order valence-electron chi connectivity index (χ2n) is 9.75. The second kappa shape index (κ2) is 4.33. The van der Waals surface area contributed by atoms with Crippen molar-refractivity contribution in [2.24, 2.45) is 22.2 Å². The lowest BCUT2D eigenvalue weighted by atomic mass is 9.62. The van der Waals surface area contributed by atoms with Crippen LogP contribution in [0.5, 0.6) is 5.75 Å². The van der Waals surface area contributed by atoms with Crippen molar-refractivity contribution >= 4 is 12.4 Å². The molecule has 3 fully saturated rings. The summed E-state index contributed by atoms with van der Waals surface area (Å²) in [5, 5.41) is 11.2. The first kappa shape index (κ1) is 16.3. The van der Waals surface area contributed by atoms with Crippen LogP contribution in [0.15, 0.2) is 20.9 Å². The van der Waals surface area contributed by atoms with Crippen LogP contribution in [0.1, 0.15) is 51.4 Å². The van der Waals surface area contributed by atoms with E-state index in [2.05, 4.69) is 13.8 Å². The summed E-state index contributed by atoms with van der Waals surface area (Å²) in [4.78, 5) is 24.6. The van der Waals surface area contributed by atoms with Gasteiger partial charge in [0.15, 0.2) is 0 Å². The Morgan fingerprint density at radius 1 is 1.27 bits per heavy atom. The van der Waals surface area contributed by atoms with Gasteiger partial charge in [-0.25, -0.2) is 4.79 Å². The van der Waals surface area contributed by atoms with E-state index in [9.17, 15) is 14.7 Å². The number of carbonyl (C=O) groups is 1. The van der Waals surface area contributed by atoms with Crippen molar-refractivity contribution in [3.05, 3.63) is 33.4 Å². The summed E-state index contributed by atoms with van der Waals surface area (Å²) in [5.41, 5.74) is -1.18. The molecule has 138 valence electrons. The Kier molecular flexibility index (Phi) is 2.71. The molecule has 0 unspecified atom stereocenters. The molecular formula is C21H24O5. The molecule has 5 heteroatoms. The molecule has 5 nitrogen and oxygen atoms in total. The summed E-state index contributed by atoms with van der Waals surface area (Å²) in [6.07, 6.45) is 4.35. The molecular weight excluding hydrogens is 332 g/mol. The van der Waals surface area contributed by atoms with E-state index in [-0.39, 0.29) is 11.3 Å². The average Bonchev–Trinajstić information content (AvgIpc) is 3.08. The third kappa shape index (κ3) is 1.62. The number of hydrogen-bond acceptors (Lipinski definition) is 5. The topological polar surface area (TPSA) is 76.7 Å². The molecule has 4 aliphatic rings. The molecule has 0 aromatic carbocycles. The van der Waals surface area contributed by atoms with E-state index in [1.165, 1.54) is 0 Å². The van der Waals surface area contributed by atoms with Crippen LogP contribution in [-0.2, 0) is 4.79 Å². The maximum atomic E-state index is 12.4. The van der Waals surface area contributed by atoms with Gasteiger partial charge in [-0.2, -0.15) is 0 Å². The summed E-state index contributed by atoms with van der Waals surface area (Å²) in [7, 11) is 0. The van der Waals surface area contributed by atoms with E-state index in [0.29, 0.717) is 23.5 Å². The van der Waals surface area contributed by atoms with Gasteiger partial charge in [-0.1, -0.05) is 20.8 Å². The second-order valence-corrected chi connectivity index (χ2v) is 9.75. The van der Waals surface area contributed by atoms with Gasteiger partial charge in [0.25, 0.3) is 0 Å². The number of fused-ring (bicyclic) bond motifs is 3. The number of aliphatic hydroxyl groups is 1. The van der Waals surface area contributed by atoms with Crippen molar-refractivity contribution in [1.29, 1.82) is 0 Å². The first-order valence-electron chi connectivity index (χ1n) is 9.29. The highest BCUT2D eigenvalue weighted by Gasteiger charge is 2.81. The number of rotatable bonds is 1. The molecule has 1 spiro atoms. The van der Waals surface area contributed by atoms with Gasteiger partial charge in [-0.15, -0.1) is 0 Å². The smallest absolute Gasteiger partial charge is 0.346 e. The fourth-order valence-electron chi connectivity index (χ4n) is 6.27. The summed E-state index contributed by atoms with van der Waals surface area (Å²) >= 11 is 0. The standard InChI is InChI=1S/C21H24O5/c1-11-5-14-12(17(24)25-11)6-15-20(10-22)9-19(20,4)16(23)13-7-18(2,3)8-21(13,15)26-14/h5-6,10,13,16,23H,7-9H2,1-4H3/t13-,16-,19-,20-,21+/m0/s1. The fourth-order valence-corrected chi connectivity index (χ4v) is 6.27. The van der Waals surface area contributed by atoms with Crippen LogP contribution >= 0.6 is 0 Å². The van der Waals surface area contributed by atoms with Crippen molar-refractivity contribution in [1.82, 2.24) is 0 Å². The molecule has 1 N–H and O–H groups in total. The zero-order valence-corrected chi connectivity index (χ0v) is 15.6. The van der Waals surface area contributed by atoms with Crippen LogP contribution < -0.4 is 10.4 Å². The van der Waals surface area contributed by atoms with E-state index < -0.39 is 28.2 Å². The Balaban J connectivity index is 1.82. The van der Waals surface area contributed by atoms with Crippen LogP contribution in [0.3, 0.4) is 0 Å². The summed E-state index contributed by atoms with van der Waals surface area (Å²) in [6, 6.07) is 1.74. The highest BCUT2D eigenvalue weighted by atomic mass is 16.5. The number of aliphatic hydroxyl groups excluding tert-OH is 1. The Morgan fingerprint density at radius 3 is 2.69 bits per heavy atom. The van der Waals surface area contributed by atoms with Crippen LogP contribution in [0, 0.1) is 29.1 Å². The van der Waals surface area contributed by atoms with Gasteiger partial charge in [0, 0.05) is 17.4 Å². The number of ether oxygens (including phenoxy) is 1. The molecule has 5 atom stereocenters. The average molecular weight is 356 g/mol. The number of aldehydes is 1. The van der Waals surface area contributed by atoms with Gasteiger partial charge < -0.3 is 19.1 Å². The molecule has 0 saturated heterocycles. The lowest BCUT2D eigenvalue weighted by Crippen LogP contribution is -2.57. The van der Waals surface area contributed by atoms with Gasteiger partial charge in [0.2, 0.25) is 0 Å². The lowest BCUT2D eigenvalue weighted by Gasteiger charge is -2.50. The SMILES string of the molecule is Cc1cc2c(c(=O)o1)C=C1[C@]3(CC(C)(C)C[C@H]3[C@H](O)[C@]3(C)C[C@]13C=O)O2. The number of hydrogen-bond donors (Lipinski definition) is 1. The molecule has 5 rings (SSSR count). The predicted octanol–water partition coefficient (Wildman–Crippen LogP) is 2.87. The van der Waals surface area contributed by atoms with E-state index in [1.807, 2.05) is 13.0 Å². The molecule has 3 saturated carbocycles. The minimum atomic E-state index is -0.752. The zero-order valence-electron chi connectivity index (χ0n) is 15.6. The normalized spacial score (nSPS) is 44.0. The maximum Gasteiger partial charge on any atom is 0.346 e. The van der Waals surface area contributed by atoms with Gasteiger partial charge >= 0.3 is 5.63 Å². The van der Waals surface area contributed by atoms with Crippen LogP contribution in [0.4, 0.5) is 0 Å². The minimum Gasteiger partial charge on any atom is -0.481 e. The van der Waals surface area contributed by atoms with Crippen LogP contribution in [0.25, 0.3) is 6.08 Å². The first-order chi connectivity index (χ1) is 12.1. The Labute approximate surface area is 152 Å². The molecule has 1 aromatic rings. The van der Waals surface area contributed by atoms with Gasteiger partial charge in [-0.3, -0.25) is 0 Å². The fraction of sp³-hybridized carbons (Fsp3) is 0.619. The van der Waals surface area contributed by atoms with Gasteiger partial charge in [-0.05, 0) is 43.3 Å². The molecule has 0 bridgehead atoms. The van der Waals surface area contributed by atoms with E-state index >= 15 is 0 Å². The minimum absolute atomic E-state index is 0.0199. The van der Waals surface area contributed by atoms with E-state index in [1.54, 1.807) is 13.0 Å². The quantitative estimate of drug-likeness (QED) is 0.783. The van der Waals surface area contributed by atoms with E-state index in [4.69, 9.17) is 9.15 Å². The molecule has 0 radical (unpaired) electrons. The molecule has 1 aliphatic heterocycles. The van der Waals surface area contributed by atoms with Crippen molar-refractivity contribution in [2.75, 3.05) is 0 Å². The van der Waals surface area contributed by atoms with Crippen LogP contribution in [0.2, 0.25) is 0 Å². The summed E-state index contributed by atoms with van der Waals surface area (Å²) in [6.45, 7) is 8.05. The third-order valence-corrected chi connectivity index (χ3v) is 7.48. The maximum absolute atomic E-state index is 12.4. The summed E-state index contributed by atoms with van der Waals surface area (Å²) in [5.74, 6) is 0.904. The van der Waals surface area contributed by atoms with Crippen molar-refractivity contribution in [2.45, 2.75) is 58.7 Å². The van der Waals surface area contributed by atoms with Crippen molar-refractivity contribution in [3.8, 4) is 5.75 Å². The monoisotopic (exact) mass is 356 g/mol. The highest BCUT2D eigenvalue weighted by Crippen LogP contribution is 2.79. The number of carbonyl (C=O) groups excluding carboxylic acids is 1. The first-order valence-corrected chi connectivity index (χ1v) is 9.29. The van der Waals surface area contributed by atoms with Gasteiger partial charge in [0.05, 0.1) is 11.5 Å². The largest absolute Gasteiger partial charge is 0.481 e. The Hall–Kier alpha value is -1.88. The van der Waals surface area contributed by atoms with Gasteiger partial charge in [0.1, 0.15) is 29.0 Å². The molecule has 26 heavy (non-hydrogen) atoms. The Bertz CT molecular complexity index is 940. The summed E-state index contributed by atoms with van der Waals surface area (Å²) < 4.78 is 11.8. The van der Waals surface area contributed by atoms with Crippen molar-refractivity contribution in [3.63, 3.8) is 0 Å². The Morgan fingerprint density at radius 2 is 2.00 bits per heavy atom. The molecule has 0 amide bonds. The highest BCUT2D eigenvalue weighted by molar-refractivity contribution is 5.81. The van der Waals surface area contributed by atoms with Crippen molar-refractivity contribution < 1.29 is 19.1 Å². The molecule has 3 aliphatic carbocycles. The lowest BCUT2D eigenvalue weighted by molar-refractivity contribution is -0.121. The zero-order chi connectivity index (χ0) is 18.7. The predicted molar refractivity (Wildman–Crippen MR) is 94.8 cm³/mol. The third-order valence-electron chi connectivity index (χ3n) is 7.48. The number of aryl methyl sites for hydroxylation is 1. The van der Waals surface area contributed by atoms with E-state index in [0.717, 1.165) is 24.7 Å².